The maximum absolute atomic E-state index is 12.5. The molecular weight excluding hydrogens is 394 g/mol. The number of carbonyl (C=O) groups is 2. The lowest BCUT2D eigenvalue weighted by Crippen LogP contribution is -2.21. The number of aromatic nitrogens is 5. The molecule has 10 heteroatoms. The molecule has 9 nitrogen and oxygen atoms in total. The highest BCUT2D eigenvalue weighted by molar-refractivity contribution is 6.32. The van der Waals surface area contributed by atoms with E-state index in [-0.39, 0.29) is 10.8 Å². The third kappa shape index (κ3) is 3.76. The minimum absolute atomic E-state index is 0.181. The summed E-state index contributed by atoms with van der Waals surface area (Å²) in [7, 11) is 0. The van der Waals surface area contributed by atoms with Gasteiger partial charge in [-0.3, -0.25) is 9.78 Å². The van der Waals surface area contributed by atoms with Crippen LogP contribution in [0.5, 0.6) is 0 Å². The number of hydrogen-bond donors (Lipinski definition) is 2. The number of Topliss-reactive ketones (excluding diaryl/α,β-unsaturated/α-hetero) is 1. The van der Waals surface area contributed by atoms with Gasteiger partial charge in [-0.15, -0.1) is 4.80 Å². The number of nitrogens with one attached hydrogen (secondary N) is 2. The molecule has 144 valence electrons. The predicted molar refractivity (Wildman–Crippen MR) is 109 cm³/mol. The van der Waals surface area contributed by atoms with E-state index >= 15 is 0 Å². The molecule has 0 saturated carbocycles. The Morgan fingerprint density at radius 2 is 1.79 bits per heavy atom. The molecule has 0 aliphatic rings. The van der Waals surface area contributed by atoms with Crippen LogP contribution >= 0.6 is 11.6 Å². The number of nitrogens with zero attached hydrogens (tertiary/aromatic N) is 5. The van der Waals surface area contributed by atoms with Crippen molar-refractivity contribution in [2.75, 3.05) is 10.6 Å². The van der Waals surface area contributed by atoms with Gasteiger partial charge in [-0.25, -0.2) is 9.78 Å². The Kier molecular flexibility index (Phi) is 4.88. The second-order valence-electron chi connectivity index (χ2n) is 6.05. The molecule has 2 amide bonds. The average molecular weight is 408 g/mol. The van der Waals surface area contributed by atoms with E-state index < -0.39 is 6.03 Å². The first-order valence-corrected chi connectivity index (χ1v) is 8.89. The molecule has 4 aromatic rings. The van der Waals surface area contributed by atoms with Crippen LogP contribution in [0.4, 0.5) is 16.2 Å². The minimum atomic E-state index is -0.563. The van der Waals surface area contributed by atoms with Gasteiger partial charge in [0.1, 0.15) is 0 Å². The summed E-state index contributed by atoms with van der Waals surface area (Å²) in [6.45, 7) is 1.44. The normalized spacial score (nSPS) is 10.7. The van der Waals surface area contributed by atoms with Crippen molar-refractivity contribution in [1.82, 2.24) is 25.0 Å². The summed E-state index contributed by atoms with van der Waals surface area (Å²) in [6, 6.07) is 8.19. The van der Waals surface area contributed by atoms with E-state index in [1.807, 2.05) is 12.1 Å². The molecule has 0 spiro atoms. The highest BCUT2D eigenvalue weighted by atomic mass is 35.5. The Morgan fingerprint density at radius 1 is 1.03 bits per heavy atom. The van der Waals surface area contributed by atoms with Crippen molar-refractivity contribution in [2.24, 2.45) is 0 Å². The van der Waals surface area contributed by atoms with Gasteiger partial charge < -0.3 is 10.6 Å². The zero-order chi connectivity index (χ0) is 20.4. The predicted octanol–water partition coefficient (Wildman–Crippen LogP) is 3.71. The highest BCUT2D eigenvalue weighted by Gasteiger charge is 2.16. The van der Waals surface area contributed by atoms with E-state index in [0.717, 1.165) is 0 Å². The van der Waals surface area contributed by atoms with Crippen molar-refractivity contribution in [2.45, 2.75) is 6.92 Å². The molecule has 2 N–H and O–H groups in total. The number of benzene rings is 1. The molecule has 0 fully saturated rings. The quantitative estimate of drug-likeness (QED) is 0.498. The van der Waals surface area contributed by atoms with Crippen molar-refractivity contribution in [1.29, 1.82) is 0 Å². The number of amides is 2. The third-order valence-electron chi connectivity index (χ3n) is 4.06. The van der Waals surface area contributed by atoms with E-state index in [0.29, 0.717) is 33.7 Å². The van der Waals surface area contributed by atoms with Gasteiger partial charge in [0.2, 0.25) is 0 Å². The monoisotopic (exact) mass is 407 g/mol. The van der Waals surface area contributed by atoms with Crippen LogP contribution in [0.1, 0.15) is 17.3 Å². The lowest BCUT2D eigenvalue weighted by Gasteiger charge is -2.12. The topological polar surface area (TPSA) is 115 Å². The fourth-order valence-corrected chi connectivity index (χ4v) is 3.11. The number of hydrogen-bond acceptors (Lipinski definition) is 6. The number of para-hydroxylation sites is 1. The van der Waals surface area contributed by atoms with Crippen molar-refractivity contribution >= 4 is 45.7 Å². The molecule has 0 radical (unpaired) electrons. The summed E-state index contributed by atoms with van der Waals surface area (Å²) in [5.41, 5.74) is 1.73. The Labute approximate surface area is 169 Å². The van der Waals surface area contributed by atoms with Crippen LogP contribution in [0.25, 0.3) is 16.7 Å². The molecule has 4 rings (SSSR count). The van der Waals surface area contributed by atoms with E-state index in [2.05, 4.69) is 30.8 Å². The maximum atomic E-state index is 12.5. The fraction of sp³-hybridized carbons (Fsp3) is 0.0526. The number of carbonyl (C=O) groups excluding carboxylic acids is 2. The van der Waals surface area contributed by atoms with Gasteiger partial charge in [0.15, 0.2) is 11.6 Å². The Morgan fingerprint density at radius 3 is 2.52 bits per heavy atom. The van der Waals surface area contributed by atoms with Gasteiger partial charge in [-0.05, 0) is 19.1 Å². The minimum Gasteiger partial charge on any atom is -0.306 e. The fourth-order valence-electron chi connectivity index (χ4n) is 2.87. The Bertz CT molecular complexity index is 1220. The first-order chi connectivity index (χ1) is 14.0. The lowest BCUT2D eigenvalue weighted by atomic mass is 10.0. The summed E-state index contributed by atoms with van der Waals surface area (Å²) >= 11 is 6.21. The number of fused-ring (bicyclic) bond motifs is 1. The molecule has 1 aromatic carbocycles. The van der Waals surface area contributed by atoms with Crippen LogP contribution in [-0.4, -0.2) is 36.8 Å². The molecule has 0 saturated heterocycles. The SMILES string of the molecule is CC(=O)c1c(NC(=O)Nc2cnc(-n3nccn3)c(Cl)c2)cnc2ccccc12. The van der Waals surface area contributed by atoms with Crippen molar-refractivity contribution in [3.05, 3.63) is 65.7 Å². The molecule has 0 bridgehead atoms. The first kappa shape index (κ1) is 18.5. The van der Waals surface area contributed by atoms with Gasteiger partial charge in [0.25, 0.3) is 0 Å². The second-order valence-corrected chi connectivity index (χ2v) is 6.45. The van der Waals surface area contributed by atoms with Crippen molar-refractivity contribution in [3.63, 3.8) is 0 Å². The average Bonchev–Trinajstić information content (AvgIpc) is 3.22. The largest absolute Gasteiger partial charge is 0.323 e. The van der Waals surface area contributed by atoms with Crippen LogP contribution in [-0.2, 0) is 0 Å². The van der Waals surface area contributed by atoms with Gasteiger partial charge >= 0.3 is 6.03 Å². The van der Waals surface area contributed by atoms with Gasteiger partial charge in [-0.1, -0.05) is 29.8 Å². The van der Waals surface area contributed by atoms with Crippen LogP contribution in [0, 0.1) is 0 Å². The Hall–Kier alpha value is -3.85. The number of anilines is 2. The molecular formula is C19H14ClN7O2. The molecule has 0 aliphatic heterocycles. The van der Waals surface area contributed by atoms with Crippen LogP contribution in [0.3, 0.4) is 0 Å². The van der Waals surface area contributed by atoms with E-state index in [9.17, 15) is 9.59 Å². The van der Waals surface area contributed by atoms with Gasteiger partial charge in [-0.2, -0.15) is 10.2 Å². The summed E-state index contributed by atoms with van der Waals surface area (Å²) in [4.78, 5) is 34.4. The third-order valence-corrected chi connectivity index (χ3v) is 4.34. The molecule has 3 heterocycles. The number of pyridine rings is 2. The molecule has 0 unspecified atom stereocenters. The van der Waals surface area contributed by atoms with E-state index in [1.54, 1.807) is 12.1 Å². The van der Waals surface area contributed by atoms with Crippen LogP contribution < -0.4 is 10.6 Å². The standard InChI is InChI=1S/C19H14ClN7O2/c1-11(28)17-13-4-2-3-5-15(13)21-10-16(17)26-19(29)25-12-8-14(20)18(22-9-12)27-23-6-7-24-27/h2-10H,1H3,(H2,25,26,29). The Balaban J connectivity index is 1.57. The van der Waals surface area contributed by atoms with Gasteiger partial charge in [0.05, 0.1) is 52.3 Å². The zero-order valence-electron chi connectivity index (χ0n) is 15.1. The van der Waals surface area contributed by atoms with E-state index in [1.165, 1.54) is 42.6 Å². The second kappa shape index (κ2) is 7.64. The van der Waals surface area contributed by atoms with E-state index in [4.69, 9.17) is 11.6 Å². The van der Waals surface area contributed by atoms with Crippen molar-refractivity contribution in [3.8, 4) is 5.82 Å². The highest BCUT2D eigenvalue weighted by Crippen LogP contribution is 2.25. The number of ketones is 1. The van der Waals surface area contributed by atoms with Crippen LogP contribution in [0.2, 0.25) is 5.02 Å². The summed E-state index contributed by atoms with van der Waals surface area (Å²) in [6.07, 6.45) is 5.88. The summed E-state index contributed by atoms with van der Waals surface area (Å²) in [5.74, 6) is 0.153. The lowest BCUT2D eigenvalue weighted by molar-refractivity contribution is 0.102. The summed E-state index contributed by atoms with van der Waals surface area (Å²) < 4.78 is 0. The van der Waals surface area contributed by atoms with Gasteiger partial charge in [0, 0.05) is 5.39 Å². The van der Waals surface area contributed by atoms with Crippen molar-refractivity contribution < 1.29 is 9.59 Å². The summed E-state index contributed by atoms with van der Waals surface area (Å²) in [5, 5.41) is 14.1. The number of urea groups is 1. The molecule has 0 atom stereocenters. The molecule has 0 aliphatic carbocycles. The van der Waals surface area contributed by atoms with Crippen LogP contribution in [0.15, 0.2) is 55.1 Å². The number of halogens is 1. The smallest absolute Gasteiger partial charge is 0.306 e. The zero-order valence-corrected chi connectivity index (χ0v) is 15.9. The molecule has 29 heavy (non-hydrogen) atoms. The number of rotatable bonds is 4. The first-order valence-electron chi connectivity index (χ1n) is 8.52. The molecule has 3 aromatic heterocycles. The maximum Gasteiger partial charge on any atom is 0.323 e.